The van der Waals surface area contributed by atoms with E-state index in [9.17, 15) is 18.0 Å². The second-order valence-electron chi connectivity index (χ2n) is 5.90. The van der Waals surface area contributed by atoms with Gasteiger partial charge in [0.15, 0.2) is 0 Å². The van der Waals surface area contributed by atoms with Crippen LogP contribution in [0.4, 0.5) is 0 Å². The van der Waals surface area contributed by atoms with E-state index >= 15 is 0 Å². The van der Waals surface area contributed by atoms with E-state index in [1.807, 2.05) is 4.90 Å². The Balaban J connectivity index is 2.08. The lowest BCUT2D eigenvalue weighted by Crippen LogP contribution is -2.53. The van der Waals surface area contributed by atoms with Crippen LogP contribution in [-0.4, -0.2) is 72.9 Å². The number of amides is 1. The number of carbonyl (C=O) groups is 2. The summed E-state index contributed by atoms with van der Waals surface area (Å²) in [4.78, 5) is 25.1. The first-order valence-corrected chi connectivity index (χ1v) is 9.49. The molecule has 2 rings (SSSR count). The van der Waals surface area contributed by atoms with Gasteiger partial charge in [0.2, 0.25) is 10.0 Å². The Morgan fingerprint density at radius 3 is 2.36 bits per heavy atom. The summed E-state index contributed by atoms with van der Waals surface area (Å²) < 4.78 is 33.2. The number of sulfonamides is 1. The number of hydrogen-bond acceptors (Lipinski definition) is 6. The van der Waals surface area contributed by atoms with Crippen LogP contribution in [0, 0.1) is 0 Å². The van der Waals surface area contributed by atoms with Crippen LogP contribution >= 0.6 is 0 Å². The van der Waals surface area contributed by atoms with E-state index in [1.165, 1.54) is 21.1 Å². The standard InChI is InChI=1S/C15H24N4O5S/c1-4-24-15(21)11(2)18-5-7-19(8-6-18)25(22,23)12-9-13(14(16)20)17(3)10-12/h9-11H,4-8H2,1-3H3,(H2,16,20)/t11-/m1/s1. The quantitative estimate of drug-likeness (QED) is 0.666. The first-order valence-electron chi connectivity index (χ1n) is 8.05. The molecule has 2 N–H and O–H groups in total. The third kappa shape index (κ3) is 4.02. The number of hydrogen-bond donors (Lipinski definition) is 1. The number of piperazine rings is 1. The van der Waals surface area contributed by atoms with Crippen molar-refractivity contribution in [3.8, 4) is 0 Å². The normalized spacial score (nSPS) is 18.0. The maximum atomic E-state index is 12.7. The van der Waals surface area contributed by atoms with Gasteiger partial charge in [0.25, 0.3) is 5.91 Å². The highest BCUT2D eigenvalue weighted by molar-refractivity contribution is 7.89. The first-order chi connectivity index (χ1) is 11.7. The molecule has 0 aromatic carbocycles. The topological polar surface area (TPSA) is 115 Å². The molecule has 0 aliphatic carbocycles. The van der Waals surface area contributed by atoms with Gasteiger partial charge < -0.3 is 15.0 Å². The van der Waals surface area contributed by atoms with Gasteiger partial charge in [-0.3, -0.25) is 14.5 Å². The van der Waals surface area contributed by atoms with Gasteiger partial charge in [-0.2, -0.15) is 4.31 Å². The molecule has 1 aromatic heterocycles. The molecular formula is C15H24N4O5S. The number of rotatable bonds is 6. The van der Waals surface area contributed by atoms with Gasteiger partial charge in [-0.05, 0) is 19.9 Å². The number of nitrogens with zero attached hydrogens (tertiary/aromatic N) is 3. The van der Waals surface area contributed by atoms with Crippen molar-refractivity contribution in [1.82, 2.24) is 13.8 Å². The monoisotopic (exact) mass is 372 g/mol. The molecule has 1 atom stereocenters. The van der Waals surface area contributed by atoms with E-state index in [1.54, 1.807) is 20.9 Å². The third-order valence-electron chi connectivity index (χ3n) is 4.32. The molecule has 0 bridgehead atoms. The summed E-state index contributed by atoms with van der Waals surface area (Å²) in [6.07, 6.45) is 1.38. The molecule has 1 aliphatic heterocycles. The van der Waals surface area contributed by atoms with E-state index in [-0.39, 0.29) is 29.6 Å². The van der Waals surface area contributed by atoms with Crippen molar-refractivity contribution in [2.24, 2.45) is 12.8 Å². The molecule has 1 saturated heterocycles. The van der Waals surface area contributed by atoms with Crippen LogP contribution in [0.3, 0.4) is 0 Å². The molecule has 0 radical (unpaired) electrons. The maximum absolute atomic E-state index is 12.7. The van der Waals surface area contributed by atoms with E-state index in [0.717, 1.165) is 0 Å². The van der Waals surface area contributed by atoms with Crippen LogP contribution in [0.1, 0.15) is 24.3 Å². The Bertz CT molecular complexity index is 750. The average molecular weight is 372 g/mol. The molecule has 9 nitrogen and oxygen atoms in total. The Hall–Kier alpha value is -1.91. The van der Waals surface area contributed by atoms with E-state index in [4.69, 9.17) is 10.5 Å². The van der Waals surface area contributed by atoms with Crippen LogP contribution in [0.25, 0.3) is 0 Å². The molecule has 0 unspecified atom stereocenters. The van der Waals surface area contributed by atoms with Crippen molar-refractivity contribution in [2.75, 3.05) is 32.8 Å². The fourth-order valence-corrected chi connectivity index (χ4v) is 4.31. The second-order valence-corrected chi connectivity index (χ2v) is 7.84. The van der Waals surface area contributed by atoms with Crippen molar-refractivity contribution in [3.05, 3.63) is 18.0 Å². The van der Waals surface area contributed by atoms with Gasteiger partial charge in [-0.25, -0.2) is 8.42 Å². The lowest BCUT2D eigenvalue weighted by Gasteiger charge is -2.36. The highest BCUT2D eigenvalue weighted by atomic mass is 32.2. The number of ether oxygens (including phenoxy) is 1. The van der Waals surface area contributed by atoms with E-state index < -0.39 is 22.0 Å². The van der Waals surface area contributed by atoms with Crippen molar-refractivity contribution < 1.29 is 22.7 Å². The highest BCUT2D eigenvalue weighted by Crippen LogP contribution is 2.20. The highest BCUT2D eigenvalue weighted by Gasteiger charge is 2.33. The van der Waals surface area contributed by atoms with Crippen LogP contribution in [-0.2, 0) is 26.6 Å². The molecule has 140 valence electrons. The van der Waals surface area contributed by atoms with Crippen molar-refractivity contribution >= 4 is 21.9 Å². The number of nitrogens with two attached hydrogens (primary N) is 1. The van der Waals surface area contributed by atoms with Crippen molar-refractivity contribution in [1.29, 1.82) is 0 Å². The number of aryl methyl sites for hydroxylation is 1. The van der Waals surface area contributed by atoms with Gasteiger partial charge in [0.1, 0.15) is 16.6 Å². The summed E-state index contributed by atoms with van der Waals surface area (Å²) in [7, 11) is -2.15. The molecular weight excluding hydrogens is 348 g/mol. The largest absolute Gasteiger partial charge is 0.465 e. The van der Waals surface area contributed by atoms with Gasteiger partial charge in [-0.1, -0.05) is 0 Å². The molecule has 1 aliphatic rings. The maximum Gasteiger partial charge on any atom is 0.323 e. The summed E-state index contributed by atoms with van der Waals surface area (Å²) >= 11 is 0. The molecule has 0 spiro atoms. The second kappa shape index (κ2) is 7.54. The van der Waals surface area contributed by atoms with Crippen LogP contribution in [0.5, 0.6) is 0 Å². The van der Waals surface area contributed by atoms with Gasteiger partial charge >= 0.3 is 5.97 Å². The Labute approximate surface area is 147 Å². The zero-order valence-corrected chi connectivity index (χ0v) is 15.5. The van der Waals surface area contributed by atoms with Crippen molar-refractivity contribution in [3.63, 3.8) is 0 Å². The van der Waals surface area contributed by atoms with Crippen LogP contribution in [0.15, 0.2) is 17.2 Å². The van der Waals surface area contributed by atoms with Crippen molar-refractivity contribution in [2.45, 2.75) is 24.8 Å². The fraction of sp³-hybridized carbons (Fsp3) is 0.600. The molecule has 0 saturated carbocycles. The lowest BCUT2D eigenvalue weighted by atomic mass is 10.2. The lowest BCUT2D eigenvalue weighted by molar-refractivity contribution is -0.149. The van der Waals surface area contributed by atoms with E-state index in [2.05, 4.69) is 0 Å². The number of primary amides is 1. The van der Waals surface area contributed by atoms with Gasteiger partial charge in [0.05, 0.1) is 6.61 Å². The zero-order valence-electron chi connectivity index (χ0n) is 14.6. The summed E-state index contributed by atoms with van der Waals surface area (Å²) in [6.45, 7) is 5.17. The molecule has 1 aromatic rings. The number of aromatic nitrogens is 1. The smallest absolute Gasteiger partial charge is 0.323 e. The van der Waals surface area contributed by atoms with Gasteiger partial charge in [0, 0.05) is 39.4 Å². The minimum absolute atomic E-state index is 0.0377. The summed E-state index contributed by atoms with van der Waals surface area (Å²) in [6, 6.07) is 0.869. The van der Waals surface area contributed by atoms with Crippen LogP contribution < -0.4 is 5.73 Å². The fourth-order valence-electron chi connectivity index (χ4n) is 2.81. The first kappa shape index (κ1) is 19.4. The minimum atomic E-state index is -3.71. The van der Waals surface area contributed by atoms with Crippen LogP contribution in [0.2, 0.25) is 0 Å². The minimum Gasteiger partial charge on any atom is -0.465 e. The van der Waals surface area contributed by atoms with Gasteiger partial charge in [-0.15, -0.1) is 0 Å². The SMILES string of the molecule is CCOC(=O)[C@@H](C)N1CCN(S(=O)(=O)c2cc(C(N)=O)n(C)c2)CC1. The predicted molar refractivity (Wildman–Crippen MR) is 90.4 cm³/mol. The molecule has 2 heterocycles. The molecule has 1 amide bonds. The third-order valence-corrected chi connectivity index (χ3v) is 6.18. The Morgan fingerprint density at radius 2 is 1.88 bits per heavy atom. The average Bonchev–Trinajstić information content (AvgIpc) is 2.97. The Morgan fingerprint density at radius 1 is 1.28 bits per heavy atom. The summed E-state index contributed by atoms with van der Waals surface area (Å²) in [5.41, 5.74) is 5.37. The summed E-state index contributed by atoms with van der Waals surface area (Å²) in [5, 5.41) is 0. The predicted octanol–water partition coefficient (Wildman–Crippen LogP) is -0.618. The molecule has 25 heavy (non-hydrogen) atoms. The number of carbonyl (C=O) groups excluding carboxylic acids is 2. The number of esters is 1. The molecule has 10 heteroatoms. The van der Waals surface area contributed by atoms with E-state index in [0.29, 0.717) is 19.7 Å². The summed E-state index contributed by atoms with van der Waals surface area (Å²) in [5.74, 6) is -0.995. The molecule has 1 fully saturated rings. The zero-order chi connectivity index (χ0) is 18.8. The Kier molecular flexibility index (Phi) is 5.86.